The molecule has 19 nitrogen and oxygen atoms in total. The molecule has 1 aliphatic heterocycles. The first kappa shape index (κ1) is 60.9. The third kappa shape index (κ3) is 16.3. The highest BCUT2D eigenvalue weighted by molar-refractivity contribution is 7.46. The average Bonchev–Trinajstić information content (AvgIpc) is 3.84. The molecule has 396 valence electrons. The van der Waals surface area contributed by atoms with Crippen LogP contribution in [0.4, 0.5) is 0 Å². The van der Waals surface area contributed by atoms with E-state index in [4.69, 9.17) is 28.4 Å². The van der Waals surface area contributed by atoms with Crippen LogP contribution in [0.15, 0.2) is 63.9 Å². The van der Waals surface area contributed by atoms with E-state index in [2.05, 4.69) is 10.3 Å². The van der Waals surface area contributed by atoms with E-state index in [0.29, 0.717) is 18.0 Å². The molecular formula is C50H81N4O15P. The van der Waals surface area contributed by atoms with Crippen LogP contribution in [0.2, 0.25) is 0 Å². The van der Waals surface area contributed by atoms with Gasteiger partial charge in [0.15, 0.2) is 12.0 Å². The molecule has 0 aromatic carbocycles. The molecular weight excluding hydrogens is 928 g/mol. The van der Waals surface area contributed by atoms with E-state index in [1.165, 1.54) is 33.5 Å². The van der Waals surface area contributed by atoms with E-state index in [1.807, 2.05) is 65.0 Å². The fourth-order valence-electron chi connectivity index (χ4n) is 9.47. The van der Waals surface area contributed by atoms with Gasteiger partial charge in [-0.15, -0.1) is 0 Å². The first-order valence-electron chi connectivity index (χ1n) is 23.9. The Bertz CT molecular complexity index is 2080. The zero-order chi connectivity index (χ0) is 52.9. The molecule has 1 aliphatic carbocycles. The predicted octanol–water partition coefficient (Wildman–Crippen LogP) is 4.08. The van der Waals surface area contributed by atoms with Crippen molar-refractivity contribution >= 4 is 19.8 Å². The minimum absolute atomic E-state index is 0.0595. The number of nitrogens with one attached hydrogen (secondary N) is 1. The highest BCUT2D eigenvalue weighted by Gasteiger charge is 2.68. The van der Waals surface area contributed by atoms with Crippen molar-refractivity contribution in [2.24, 2.45) is 23.7 Å². The number of aromatic nitrogens is 1. The normalized spacial score (nSPS) is 29.0. The molecule has 1 aromatic heterocycles. The smallest absolute Gasteiger partial charge is 0.448 e. The Morgan fingerprint density at radius 2 is 1.77 bits per heavy atom. The summed E-state index contributed by atoms with van der Waals surface area (Å²) in [6.45, 7) is 14.5. The number of hydrogen-bond acceptors (Lipinski definition) is 16. The molecule has 1 saturated carbocycles. The number of rotatable bonds is 26. The van der Waals surface area contributed by atoms with E-state index in [-0.39, 0.29) is 44.8 Å². The first-order chi connectivity index (χ1) is 32.6. The number of aliphatic hydroxyl groups is 6. The number of hydrogen-bond donors (Lipinski definition) is 9. The lowest BCUT2D eigenvalue weighted by Gasteiger charge is -2.50. The second kappa shape index (κ2) is 27.0. The molecule has 1 spiro atoms. The average molecular weight is 1010 g/mol. The Morgan fingerprint density at radius 3 is 2.37 bits per heavy atom. The van der Waals surface area contributed by atoms with Crippen molar-refractivity contribution in [3.8, 4) is 6.07 Å². The van der Waals surface area contributed by atoms with Gasteiger partial charge < -0.3 is 69.3 Å². The standard InChI is InChI=1S/C50H81N4O15P/c1-29(19-21-51)15-13-16-30(2)32(4)23-33(5)43(57)35(7)39(55)24-42(66-12)37-25-50(49(8,61)46(37)69-70(62,63)64)26-40(56)34(6)41(68-50)18-14-17-36-27-67-48(53-36)31(3)20-22-52-47(60)45(59)44(58)38(28-65-11)54(9)10/h13-17,19,23,27,31,33-35,37-46,55-59,61H,18,20,22,24-26,28H2,1-12H3,(H,52,60)(H2,62,63,64)/b15-13+,17-14+,29-19-,30-16+,32-23+/t31-,33+,34-,35-,37?,38-,39-,40+,41-,42-,43+,44-,45-,46-,49+,50?/m1/s1. The highest BCUT2D eigenvalue weighted by Crippen LogP contribution is 2.58. The van der Waals surface area contributed by atoms with Crippen molar-refractivity contribution < 1.29 is 72.9 Å². The number of ether oxygens (including phenoxy) is 3. The summed E-state index contributed by atoms with van der Waals surface area (Å²) in [5.41, 5.74) is -0.517. The highest BCUT2D eigenvalue weighted by atomic mass is 31.2. The molecule has 9 N–H and O–H groups in total. The monoisotopic (exact) mass is 1010 g/mol. The largest absolute Gasteiger partial charge is 0.469 e. The number of oxazole rings is 1. The van der Waals surface area contributed by atoms with E-state index >= 15 is 0 Å². The topological polar surface area (TPSA) is 298 Å². The number of phosphoric ester groups is 1. The minimum Gasteiger partial charge on any atom is -0.448 e. The maximum absolute atomic E-state index is 12.6. The minimum atomic E-state index is -5.23. The van der Waals surface area contributed by atoms with Crippen LogP contribution >= 0.6 is 7.82 Å². The molecule has 16 atom stereocenters. The molecule has 1 saturated heterocycles. The number of allylic oxidation sites excluding steroid dienone is 7. The summed E-state index contributed by atoms with van der Waals surface area (Å²) < 4.78 is 41.3. The molecule has 20 heteroatoms. The van der Waals surface area contributed by atoms with E-state index < -0.39 is 103 Å². The first-order valence-corrected chi connectivity index (χ1v) is 25.4. The second-order valence-corrected chi connectivity index (χ2v) is 21.0. The van der Waals surface area contributed by atoms with Gasteiger partial charge in [0.25, 0.3) is 5.91 Å². The molecule has 2 fully saturated rings. The lowest BCUT2D eigenvalue weighted by atomic mass is 9.75. The number of carbonyl (C=O) groups excluding carboxylic acids is 1. The molecule has 0 bridgehead atoms. The zero-order valence-corrected chi connectivity index (χ0v) is 43.8. The lowest BCUT2D eigenvalue weighted by molar-refractivity contribution is -0.255. The van der Waals surface area contributed by atoms with Gasteiger partial charge in [0.1, 0.15) is 35.4 Å². The van der Waals surface area contributed by atoms with Crippen molar-refractivity contribution in [3.63, 3.8) is 0 Å². The number of nitrogens with zero attached hydrogens (tertiary/aromatic N) is 3. The SMILES string of the molecule is COC[C@H]([C@@H](O)[C@@H](O)C(=O)NCC[C@@H](C)c1nc(/C=C/C[C@H]2OC3(CC([C@@H](C[C@@H](O)[C@@H](C)[C@@H](O)[C@@H](C)/C=C(C)/C(C)=C/C=C/C(C)=C\C#N)OC)[C@@H](OP(=O)(O)O)[C@]3(C)O)C[C@H](O)[C@H]2C)co1)N(C)C. The van der Waals surface area contributed by atoms with Gasteiger partial charge in [0.05, 0.1) is 49.2 Å². The molecule has 2 heterocycles. The maximum atomic E-state index is 12.6. The van der Waals surface area contributed by atoms with Crippen LogP contribution < -0.4 is 5.32 Å². The molecule has 2 unspecified atom stereocenters. The third-order valence-electron chi connectivity index (χ3n) is 14.3. The number of nitriles is 1. The Labute approximate surface area is 413 Å². The fraction of sp³-hybridized carbons (Fsp3) is 0.700. The quantitative estimate of drug-likeness (QED) is 0.0359. The fourth-order valence-corrected chi connectivity index (χ4v) is 10.1. The summed E-state index contributed by atoms with van der Waals surface area (Å²) >= 11 is 0. The van der Waals surface area contributed by atoms with E-state index in [1.54, 1.807) is 45.0 Å². The van der Waals surface area contributed by atoms with Crippen LogP contribution in [-0.4, -0.2) is 164 Å². The van der Waals surface area contributed by atoms with Gasteiger partial charge in [-0.3, -0.25) is 9.32 Å². The van der Waals surface area contributed by atoms with Crippen LogP contribution in [0.1, 0.15) is 105 Å². The molecule has 0 radical (unpaired) electrons. The van der Waals surface area contributed by atoms with Gasteiger partial charge in [-0.25, -0.2) is 9.55 Å². The van der Waals surface area contributed by atoms with Gasteiger partial charge >= 0.3 is 7.82 Å². The van der Waals surface area contributed by atoms with Gasteiger partial charge in [0.2, 0.25) is 0 Å². The summed E-state index contributed by atoms with van der Waals surface area (Å²) in [4.78, 5) is 39.1. The summed E-state index contributed by atoms with van der Waals surface area (Å²) in [6, 6.07) is 1.39. The number of aliphatic hydroxyl groups excluding tert-OH is 5. The van der Waals surface area contributed by atoms with Crippen LogP contribution in [0.25, 0.3) is 6.08 Å². The molecule has 1 amide bonds. The molecule has 70 heavy (non-hydrogen) atoms. The summed E-state index contributed by atoms with van der Waals surface area (Å²) in [5.74, 6) is -3.03. The van der Waals surface area contributed by atoms with Crippen LogP contribution in [0, 0.1) is 35.0 Å². The van der Waals surface area contributed by atoms with Gasteiger partial charge in [-0.2, -0.15) is 5.26 Å². The van der Waals surface area contributed by atoms with Crippen LogP contribution in [-0.2, 0) is 28.1 Å². The Hall–Kier alpha value is -3.42. The Kier molecular flexibility index (Phi) is 23.5. The zero-order valence-electron chi connectivity index (χ0n) is 42.9. The molecule has 3 rings (SSSR count). The molecule has 1 aromatic rings. The number of phosphoric acid groups is 1. The number of carbonyl (C=O) groups is 1. The van der Waals surface area contributed by atoms with Crippen LogP contribution in [0.3, 0.4) is 0 Å². The Balaban J connectivity index is 1.74. The van der Waals surface area contributed by atoms with Gasteiger partial charge in [-0.05, 0) is 78.3 Å². The Morgan fingerprint density at radius 1 is 1.10 bits per heavy atom. The third-order valence-corrected chi connectivity index (χ3v) is 14.8. The van der Waals surface area contributed by atoms with Crippen molar-refractivity contribution in [1.29, 1.82) is 5.26 Å². The van der Waals surface area contributed by atoms with Gasteiger partial charge in [0, 0.05) is 69.3 Å². The lowest BCUT2D eigenvalue weighted by Crippen LogP contribution is -2.62. The van der Waals surface area contributed by atoms with E-state index in [0.717, 1.165) is 16.7 Å². The number of amides is 1. The maximum Gasteiger partial charge on any atom is 0.469 e. The van der Waals surface area contributed by atoms with Crippen molar-refractivity contribution in [3.05, 3.63) is 71.0 Å². The number of methoxy groups -OCH3 is 2. The number of likely N-dealkylation sites (N-methyl/N-ethyl adjacent to an activating group) is 1. The second-order valence-electron chi connectivity index (χ2n) is 19.8. The summed E-state index contributed by atoms with van der Waals surface area (Å²) in [6.07, 6.45) is 4.85. The van der Waals surface area contributed by atoms with Crippen molar-refractivity contribution in [1.82, 2.24) is 15.2 Å². The predicted molar refractivity (Wildman–Crippen MR) is 262 cm³/mol. The summed E-state index contributed by atoms with van der Waals surface area (Å²) in [7, 11) is 1.03. The van der Waals surface area contributed by atoms with Gasteiger partial charge in [-0.1, -0.05) is 63.6 Å². The van der Waals surface area contributed by atoms with Crippen molar-refractivity contribution in [2.45, 2.75) is 159 Å². The van der Waals surface area contributed by atoms with Crippen molar-refractivity contribution in [2.75, 3.05) is 41.5 Å². The summed E-state index contributed by atoms with van der Waals surface area (Å²) in [5, 5.41) is 79.4. The molecule has 2 aliphatic rings. The van der Waals surface area contributed by atoms with Crippen LogP contribution in [0.5, 0.6) is 0 Å². The van der Waals surface area contributed by atoms with E-state index in [9.17, 15) is 49.8 Å².